The van der Waals surface area contributed by atoms with Crippen molar-refractivity contribution in [2.45, 2.75) is 6.92 Å². The standard InChI is InChI=1S/C21H17N3O8S/c1-2-31-16-9-12(10-17-19(26)23(11-18(22)25)21(28)33-17)3-8-15(16)32-20(27)13-4-6-14(7-5-13)24(29)30/h3-10H,2,11H2,1H3,(H2,22,25)/b17-10-. The molecule has 0 unspecified atom stereocenters. The molecule has 1 heterocycles. The number of nitrogens with zero attached hydrogens (tertiary/aromatic N) is 2. The van der Waals surface area contributed by atoms with Crippen molar-refractivity contribution in [3.63, 3.8) is 0 Å². The summed E-state index contributed by atoms with van der Waals surface area (Å²) in [6, 6.07) is 9.44. The first kappa shape index (κ1) is 23.5. The van der Waals surface area contributed by atoms with Crippen LogP contribution in [0.2, 0.25) is 0 Å². The van der Waals surface area contributed by atoms with Crippen molar-refractivity contribution in [3.8, 4) is 11.5 Å². The van der Waals surface area contributed by atoms with Crippen LogP contribution in [-0.2, 0) is 9.59 Å². The zero-order valence-corrected chi connectivity index (χ0v) is 18.0. The van der Waals surface area contributed by atoms with Gasteiger partial charge in [-0.1, -0.05) is 6.07 Å². The average Bonchev–Trinajstić information content (AvgIpc) is 3.02. The molecular formula is C21H17N3O8S. The first-order valence-corrected chi connectivity index (χ1v) is 10.3. The van der Waals surface area contributed by atoms with Crippen LogP contribution in [0.3, 0.4) is 0 Å². The predicted molar refractivity (Wildman–Crippen MR) is 118 cm³/mol. The van der Waals surface area contributed by atoms with E-state index in [1.54, 1.807) is 13.0 Å². The molecule has 2 aromatic carbocycles. The molecule has 1 fully saturated rings. The number of hydrogen-bond donors (Lipinski definition) is 1. The minimum absolute atomic E-state index is 0.0965. The van der Waals surface area contributed by atoms with Gasteiger partial charge in [0, 0.05) is 12.1 Å². The Hall–Kier alpha value is -4.19. The van der Waals surface area contributed by atoms with Gasteiger partial charge in [-0.25, -0.2) is 4.79 Å². The molecule has 170 valence electrons. The van der Waals surface area contributed by atoms with Gasteiger partial charge in [0.2, 0.25) is 5.91 Å². The highest BCUT2D eigenvalue weighted by molar-refractivity contribution is 8.18. The Kier molecular flexibility index (Phi) is 7.08. The summed E-state index contributed by atoms with van der Waals surface area (Å²) in [4.78, 5) is 58.8. The summed E-state index contributed by atoms with van der Waals surface area (Å²) in [5.74, 6) is -1.89. The number of amides is 3. The molecule has 3 rings (SSSR count). The molecule has 1 saturated heterocycles. The van der Waals surface area contributed by atoms with Crippen molar-refractivity contribution < 1.29 is 33.6 Å². The van der Waals surface area contributed by atoms with Gasteiger partial charge in [-0.2, -0.15) is 0 Å². The maximum Gasteiger partial charge on any atom is 0.343 e. The molecule has 12 heteroatoms. The van der Waals surface area contributed by atoms with Gasteiger partial charge < -0.3 is 15.2 Å². The maximum absolute atomic E-state index is 12.4. The molecule has 1 aliphatic rings. The van der Waals surface area contributed by atoms with Gasteiger partial charge in [-0.05, 0) is 54.6 Å². The van der Waals surface area contributed by atoms with Crippen molar-refractivity contribution >= 4 is 46.5 Å². The SMILES string of the molecule is CCOc1cc(/C=C2\SC(=O)N(CC(N)=O)C2=O)ccc1OC(=O)c1ccc([N+](=O)[O-])cc1. The molecule has 11 nitrogen and oxygen atoms in total. The molecule has 0 radical (unpaired) electrons. The van der Waals surface area contributed by atoms with E-state index in [1.165, 1.54) is 42.5 Å². The molecule has 0 aromatic heterocycles. The number of rotatable bonds is 8. The van der Waals surface area contributed by atoms with Crippen molar-refractivity contribution in [1.29, 1.82) is 0 Å². The van der Waals surface area contributed by atoms with Crippen LogP contribution in [0.25, 0.3) is 6.08 Å². The van der Waals surface area contributed by atoms with E-state index in [1.807, 2.05) is 0 Å². The molecule has 2 aromatic rings. The van der Waals surface area contributed by atoms with Crippen molar-refractivity contribution in [2.24, 2.45) is 5.73 Å². The molecule has 3 amide bonds. The lowest BCUT2D eigenvalue weighted by Gasteiger charge is -2.12. The average molecular weight is 471 g/mol. The number of benzene rings is 2. The van der Waals surface area contributed by atoms with E-state index in [9.17, 15) is 29.3 Å². The van der Waals surface area contributed by atoms with Gasteiger partial charge in [0.1, 0.15) is 6.54 Å². The third-order valence-corrected chi connectivity index (χ3v) is 5.18. The number of primary amides is 1. The lowest BCUT2D eigenvalue weighted by molar-refractivity contribution is -0.384. The summed E-state index contributed by atoms with van der Waals surface area (Å²) < 4.78 is 10.9. The predicted octanol–water partition coefficient (Wildman–Crippen LogP) is 2.73. The Labute approximate surface area is 191 Å². The van der Waals surface area contributed by atoms with Gasteiger partial charge >= 0.3 is 5.97 Å². The highest BCUT2D eigenvalue weighted by atomic mass is 32.2. The number of nitrogens with two attached hydrogens (primary N) is 1. The van der Waals surface area contributed by atoms with E-state index in [4.69, 9.17) is 15.2 Å². The molecular weight excluding hydrogens is 454 g/mol. The number of esters is 1. The molecule has 0 bridgehead atoms. The second kappa shape index (κ2) is 9.96. The van der Waals surface area contributed by atoms with Crippen LogP contribution >= 0.6 is 11.8 Å². The third kappa shape index (κ3) is 5.54. The van der Waals surface area contributed by atoms with E-state index in [-0.39, 0.29) is 34.3 Å². The van der Waals surface area contributed by atoms with Gasteiger partial charge in [-0.15, -0.1) is 0 Å². The van der Waals surface area contributed by atoms with Gasteiger partial charge in [0.25, 0.3) is 16.8 Å². The van der Waals surface area contributed by atoms with Gasteiger partial charge in [-0.3, -0.25) is 29.4 Å². The van der Waals surface area contributed by atoms with E-state index < -0.39 is 34.5 Å². The fourth-order valence-electron chi connectivity index (χ4n) is 2.79. The number of thioether (sulfide) groups is 1. The second-order valence-corrected chi connectivity index (χ2v) is 7.56. The van der Waals surface area contributed by atoms with Crippen molar-refractivity contribution in [2.75, 3.05) is 13.2 Å². The number of non-ortho nitro benzene ring substituents is 1. The smallest absolute Gasteiger partial charge is 0.343 e. The van der Waals surface area contributed by atoms with Crippen LogP contribution in [0.1, 0.15) is 22.8 Å². The lowest BCUT2D eigenvalue weighted by Crippen LogP contribution is -2.36. The van der Waals surface area contributed by atoms with E-state index in [2.05, 4.69) is 0 Å². The molecule has 33 heavy (non-hydrogen) atoms. The van der Waals surface area contributed by atoms with Crippen LogP contribution in [0.15, 0.2) is 47.4 Å². The van der Waals surface area contributed by atoms with Crippen LogP contribution in [0.5, 0.6) is 11.5 Å². The lowest BCUT2D eigenvalue weighted by atomic mass is 10.1. The van der Waals surface area contributed by atoms with Crippen LogP contribution in [0.4, 0.5) is 10.5 Å². The first-order chi connectivity index (χ1) is 15.7. The van der Waals surface area contributed by atoms with Crippen LogP contribution < -0.4 is 15.2 Å². The van der Waals surface area contributed by atoms with E-state index >= 15 is 0 Å². The third-order valence-electron chi connectivity index (χ3n) is 4.27. The summed E-state index contributed by atoms with van der Waals surface area (Å²) in [5.41, 5.74) is 5.50. The Morgan fingerprint density at radius 3 is 2.45 bits per heavy atom. The number of carbonyl (C=O) groups is 4. The first-order valence-electron chi connectivity index (χ1n) is 9.46. The second-order valence-electron chi connectivity index (χ2n) is 6.57. The Morgan fingerprint density at radius 2 is 1.85 bits per heavy atom. The van der Waals surface area contributed by atoms with Crippen molar-refractivity contribution in [3.05, 3.63) is 68.6 Å². The van der Waals surface area contributed by atoms with E-state index in [0.29, 0.717) is 17.3 Å². The summed E-state index contributed by atoms with van der Waals surface area (Å²) in [6.07, 6.45) is 1.44. The minimum Gasteiger partial charge on any atom is -0.490 e. The summed E-state index contributed by atoms with van der Waals surface area (Å²) in [5, 5.41) is 10.1. The zero-order valence-electron chi connectivity index (χ0n) is 17.2. The monoisotopic (exact) mass is 471 g/mol. The number of carbonyl (C=O) groups excluding carboxylic acids is 4. The Morgan fingerprint density at radius 1 is 1.15 bits per heavy atom. The topological polar surface area (TPSA) is 159 Å². The molecule has 2 N–H and O–H groups in total. The summed E-state index contributed by atoms with van der Waals surface area (Å²) >= 11 is 0.670. The number of nitro groups is 1. The summed E-state index contributed by atoms with van der Waals surface area (Å²) in [7, 11) is 0. The van der Waals surface area contributed by atoms with Crippen LogP contribution in [0, 0.1) is 10.1 Å². The van der Waals surface area contributed by atoms with Crippen molar-refractivity contribution in [1.82, 2.24) is 4.90 Å². The Bertz CT molecular complexity index is 1180. The number of hydrogen-bond acceptors (Lipinski definition) is 9. The molecule has 0 aliphatic carbocycles. The fraction of sp³-hybridized carbons (Fsp3) is 0.143. The largest absolute Gasteiger partial charge is 0.490 e. The molecule has 0 saturated carbocycles. The summed E-state index contributed by atoms with van der Waals surface area (Å²) in [6.45, 7) is 1.47. The van der Waals surface area contributed by atoms with Crippen LogP contribution in [-0.4, -0.2) is 46.0 Å². The maximum atomic E-state index is 12.4. The molecule has 1 aliphatic heterocycles. The van der Waals surface area contributed by atoms with Gasteiger partial charge in [0.05, 0.1) is 22.0 Å². The Balaban J connectivity index is 1.82. The minimum atomic E-state index is -0.809. The number of imide groups is 1. The van der Waals surface area contributed by atoms with Gasteiger partial charge in [0.15, 0.2) is 11.5 Å². The highest BCUT2D eigenvalue weighted by Gasteiger charge is 2.35. The zero-order chi connectivity index (χ0) is 24.1. The fourth-order valence-corrected chi connectivity index (χ4v) is 3.63. The number of nitro benzene ring substituents is 1. The molecule has 0 atom stereocenters. The normalized spacial score (nSPS) is 14.5. The van der Waals surface area contributed by atoms with E-state index in [0.717, 1.165) is 4.90 Å². The quantitative estimate of drug-likeness (QED) is 0.201. The number of ether oxygens (including phenoxy) is 2. The molecule has 0 spiro atoms. The highest BCUT2D eigenvalue weighted by Crippen LogP contribution is 2.35.